The fourth-order valence-electron chi connectivity index (χ4n) is 12.9. The van der Waals surface area contributed by atoms with Gasteiger partial charge in [-0.25, -0.2) is 0 Å². The Labute approximate surface area is 500 Å². The van der Waals surface area contributed by atoms with E-state index in [2.05, 4.69) is 161 Å². The number of benzene rings is 7. The van der Waals surface area contributed by atoms with E-state index in [1.54, 1.807) is 0 Å². The van der Waals surface area contributed by atoms with Gasteiger partial charge in [0.1, 0.15) is 18.8 Å². The highest BCUT2D eigenvalue weighted by Crippen LogP contribution is 2.48. The smallest absolute Gasteiger partial charge is 0.306 e. The third-order valence-corrected chi connectivity index (χ3v) is 17.3. The van der Waals surface area contributed by atoms with Gasteiger partial charge >= 0.3 is 5.97 Å². The summed E-state index contributed by atoms with van der Waals surface area (Å²) >= 11 is 0. The standard InChI is InChI=1S/C72H78N10O3/c1-8-81-62-35-17-15-32-55(62)70(3,4)64(81)37-22-26-49-24-21-25-50(38-43-65-71(5,6)56-33-16-18-36-63(56)82(65)9-2)69(49)74-47-20-19-46-73-66(83)44-45-67(84)85-48-72(7)75-60-34-23-31-54-59(41-42-61(76-72)68(54)60)80-79-58-40-39-57(52-29-13-14-30-53(52)58)78-77-51-27-11-10-12-28-51/h10-18,22-23,26-43,50,74H,8-9,19-21,24-25,44-48H2,1-7H3,(H2-,73,75,76,77,79,83)/p+1/b26-22+,43-38+,64-37-. The minimum atomic E-state index is -0.807. The van der Waals surface area contributed by atoms with E-state index in [1.165, 1.54) is 45.2 Å². The van der Waals surface area contributed by atoms with Crippen LogP contribution in [0.1, 0.15) is 105 Å². The molecule has 0 spiro atoms. The zero-order valence-electron chi connectivity index (χ0n) is 50.2. The molecule has 85 heavy (non-hydrogen) atoms. The Morgan fingerprint density at radius 2 is 1.33 bits per heavy atom. The van der Waals surface area contributed by atoms with Crippen LogP contribution in [0.5, 0.6) is 0 Å². The van der Waals surface area contributed by atoms with Crippen LogP contribution < -0.4 is 26.2 Å². The highest BCUT2D eigenvalue weighted by atomic mass is 16.5. The molecule has 434 valence electrons. The summed E-state index contributed by atoms with van der Waals surface area (Å²) in [7, 11) is 0. The number of azo groups is 2. The molecule has 0 saturated heterocycles. The van der Waals surface area contributed by atoms with Crippen LogP contribution in [0.15, 0.2) is 213 Å². The van der Waals surface area contributed by atoms with Crippen LogP contribution in [0.2, 0.25) is 0 Å². The molecular weight excluding hydrogens is 1050 g/mol. The van der Waals surface area contributed by atoms with E-state index in [-0.39, 0.29) is 42.1 Å². The van der Waals surface area contributed by atoms with E-state index in [9.17, 15) is 9.59 Å². The normalized spacial score (nSPS) is 19.2. The van der Waals surface area contributed by atoms with Crippen molar-refractivity contribution in [3.8, 4) is 0 Å². The number of hydrogen-bond acceptors (Lipinski definition) is 11. The summed E-state index contributed by atoms with van der Waals surface area (Å²) < 4.78 is 8.29. The van der Waals surface area contributed by atoms with Crippen molar-refractivity contribution < 1.29 is 18.9 Å². The lowest BCUT2D eigenvalue weighted by molar-refractivity contribution is -0.433. The van der Waals surface area contributed by atoms with E-state index < -0.39 is 11.6 Å². The summed E-state index contributed by atoms with van der Waals surface area (Å²) in [5, 5.41) is 36.3. The first kappa shape index (κ1) is 57.8. The summed E-state index contributed by atoms with van der Waals surface area (Å²) in [6.07, 6.45) is 16.7. The maximum atomic E-state index is 13.2. The lowest BCUT2D eigenvalue weighted by Gasteiger charge is -2.38. The van der Waals surface area contributed by atoms with Crippen molar-refractivity contribution >= 4 is 84.6 Å². The van der Waals surface area contributed by atoms with Crippen LogP contribution in [0, 0.1) is 5.92 Å². The van der Waals surface area contributed by atoms with E-state index in [0.29, 0.717) is 12.2 Å². The van der Waals surface area contributed by atoms with Crippen LogP contribution in [0.3, 0.4) is 0 Å². The molecule has 4 aliphatic rings. The number of hydrogen-bond donors (Lipinski definition) is 4. The summed E-state index contributed by atoms with van der Waals surface area (Å²) in [6, 6.07) is 49.0. The molecule has 0 radical (unpaired) electrons. The van der Waals surface area contributed by atoms with E-state index >= 15 is 0 Å². The van der Waals surface area contributed by atoms with E-state index in [1.807, 2.05) is 104 Å². The number of carbonyl (C=O) groups is 2. The largest absolute Gasteiger partial charge is 0.461 e. The van der Waals surface area contributed by atoms with Gasteiger partial charge in [-0.2, -0.15) is 9.69 Å². The Balaban J connectivity index is 0.677. The maximum absolute atomic E-state index is 13.2. The number of rotatable bonds is 21. The highest BCUT2D eigenvalue weighted by Gasteiger charge is 2.44. The Bertz CT molecular complexity index is 3870. The third-order valence-electron chi connectivity index (χ3n) is 17.3. The van der Waals surface area contributed by atoms with Crippen molar-refractivity contribution in [1.29, 1.82) is 0 Å². The number of nitrogens with one attached hydrogen (secondary N) is 4. The minimum Gasteiger partial charge on any atom is -0.461 e. The predicted molar refractivity (Wildman–Crippen MR) is 347 cm³/mol. The van der Waals surface area contributed by atoms with Crippen LogP contribution >= 0.6 is 0 Å². The molecule has 3 aliphatic heterocycles. The van der Waals surface area contributed by atoms with Crippen molar-refractivity contribution in [3.63, 3.8) is 0 Å². The number of carbonyl (C=O) groups excluding carboxylic acids is 2. The minimum absolute atomic E-state index is 0.0187. The lowest BCUT2D eigenvalue weighted by Crippen LogP contribution is -2.49. The number of anilines is 3. The summed E-state index contributed by atoms with van der Waals surface area (Å²) in [5.41, 5.74) is 14.3. The average Bonchev–Trinajstić information content (AvgIpc) is 2.17. The van der Waals surface area contributed by atoms with Crippen molar-refractivity contribution in [2.45, 2.75) is 110 Å². The molecule has 13 heteroatoms. The Hall–Kier alpha value is -8.97. The number of nitrogens with zero attached hydrogens (tertiary/aromatic N) is 6. The van der Waals surface area contributed by atoms with E-state index in [4.69, 9.17) is 15.0 Å². The molecule has 0 aromatic heterocycles. The highest BCUT2D eigenvalue weighted by molar-refractivity contribution is 6.10. The van der Waals surface area contributed by atoms with Crippen LogP contribution in [0.25, 0.3) is 21.5 Å². The zero-order chi connectivity index (χ0) is 59.1. The number of fused-ring (bicyclic) bond motifs is 3. The molecule has 0 fully saturated rings. The van der Waals surface area contributed by atoms with Crippen molar-refractivity contribution in [2.75, 3.05) is 48.3 Å². The molecule has 3 heterocycles. The van der Waals surface area contributed by atoms with E-state index in [0.717, 1.165) is 102 Å². The Morgan fingerprint density at radius 3 is 2.08 bits per heavy atom. The van der Waals surface area contributed by atoms with Crippen molar-refractivity contribution in [1.82, 2.24) is 10.6 Å². The van der Waals surface area contributed by atoms with Gasteiger partial charge in [-0.15, -0.1) is 15.3 Å². The number of amides is 1. The third kappa shape index (κ3) is 12.2. The van der Waals surface area contributed by atoms with Crippen molar-refractivity contribution in [3.05, 3.63) is 204 Å². The van der Waals surface area contributed by atoms with Gasteiger partial charge in [0.2, 0.25) is 11.6 Å². The lowest BCUT2D eigenvalue weighted by atomic mass is 9.80. The van der Waals surface area contributed by atoms with Gasteiger partial charge in [-0.05, 0) is 132 Å². The van der Waals surface area contributed by atoms with Gasteiger partial charge in [0.25, 0.3) is 0 Å². The summed E-state index contributed by atoms with van der Waals surface area (Å²) in [6.45, 7) is 18.9. The Morgan fingerprint density at radius 1 is 0.682 bits per heavy atom. The monoisotopic (exact) mass is 1130 g/mol. The van der Waals surface area contributed by atoms with Crippen LogP contribution in [-0.2, 0) is 25.2 Å². The van der Waals surface area contributed by atoms with Crippen LogP contribution in [0.4, 0.5) is 45.5 Å². The molecule has 1 amide bonds. The number of para-hydroxylation sites is 2. The Kier molecular flexibility index (Phi) is 17.1. The van der Waals surface area contributed by atoms with Gasteiger partial charge in [0.15, 0.2) is 5.71 Å². The molecule has 7 aromatic rings. The number of esters is 1. The molecule has 4 N–H and O–H groups in total. The first-order chi connectivity index (χ1) is 41.3. The first-order valence-corrected chi connectivity index (χ1v) is 30.4. The molecule has 11 rings (SSSR count). The number of likely N-dealkylation sites (N-methyl/N-ethyl adjacent to an activating group) is 1. The maximum Gasteiger partial charge on any atom is 0.306 e. The van der Waals surface area contributed by atoms with Gasteiger partial charge in [0.05, 0.1) is 34.6 Å². The van der Waals surface area contributed by atoms with Gasteiger partial charge in [0, 0.05) is 105 Å². The van der Waals surface area contributed by atoms with Crippen molar-refractivity contribution in [2.24, 2.45) is 26.4 Å². The fraction of sp³-hybridized carbons (Fsp3) is 0.319. The predicted octanol–water partition coefficient (Wildman–Crippen LogP) is 17.2. The summed E-state index contributed by atoms with van der Waals surface area (Å²) in [5.74, 6) is -0.361. The molecule has 7 aromatic carbocycles. The fourth-order valence-corrected chi connectivity index (χ4v) is 12.9. The number of ether oxygens (including phenoxy) is 1. The number of unbranched alkanes of at least 4 members (excludes halogenated alkanes) is 1. The average molecular weight is 1130 g/mol. The topological polar surface area (TPSA) is 147 Å². The molecule has 0 bridgehead atoms. The first-order valence-electron chi connectivity index (χ1n) is 30.4. The summed E-state index contributed by atoms with van der Waals surface area (Å²) in [4.78, 5) is 28.7. The quantitative estimate of drug-likeness (QED) is 0.0242. The van der Waals surface area contributed by atoms with Gasteiger partial charge in [-0.3, -0.25) is 9.59 Å². The zero-order valence-corrected chi connectivity index (χ0v) is 50.2. The second kappa shape index (κ2) is 25.1. The molecule has 1 aliphatic carbocycles. The molecule has 13 nitrogen and oxygen atoms in total. The second-order valence-corrected chi connectivity index (χ2v) is 23.8. The molecule has 2 atom stereocenters. The molecule has 0 saturated carbocycles. The van der Waals surface area contributed by atoms with Crippen LogP contribution in [-0.4, -0.2) is 60.6 Å². The van der Waals surface area contributed by atoms with Gasteiger partial charge < -0.3 is 30.9 Å². The second-order valence-electron chi connectivity index (χ2n) is 23.8. The molecular formula is C72H79N10O3+. The molecule has 2 unspecified atom stereocenters. The number of allylic oxidation sites excluding steroid dienone is 7. The van der Waals surface area contributed by atoms with Gasteiger partial charge in [-0.1, -0.05) is 123 Å². The SMILES string of the molecule is CCN1/C(=C\C=C\C2=C(NCCCCNC(=O)CCC(=O)OCC3(C)Nc4cccc5c(N=Nc6ccc(N=Nc7ccccc7)c7ccccc67)ccc(c45)N3)C(/C=C/C3=[N+](CC)c4ccccc4C3(C)C)CCC2)C(C)(C)c2ccccc21.